The highest BCUT2D eigenvalue weighted by atomic mass is 127. The lowest BCUT2D eigenvalue weighted by atomic mass is 10.2. The van der Waals surface area contributed by atoms with Gasteiger partial charge < -0.3 is 4.74 Å². The van der Waals surface area contributed by atoms with Crippen molar-refractivity contribution >= 4 is 57.1 Å². The van der Waals surface area contributed by atoms with E-state index in [0.717, 1.165) is 8.45 Å². The Morgan fingerprint density at radius 3 is 2.90 bits per heavy atom. The third kappa shape index (κ3) is 2.29. The van der Waals surface area contributed by atoms with E-state index in [2.05, 4.69) is 32.8 Å². The number of fused-ring (bicyclic) bond motifs is 1. The molecule has 5 nitrogen and oxygen atoms in total. The van der Waals surface area contributed by atoms with E-state index in [0.29, 0.717) is 22.1 Å². The number of pyridine rings is 1. The van der Waals surface area contributed by atoms with Crippen molar-refractivity contribution in [3.05, 3.63) is 37.2 Å². The summed E-state index contributed by atoms with van der Waals surface area (Å²) in [5.74, 6) is 0.195. The number of methoxy groups -OCH3 is 1. The van der Waals surface area contributed by atoms with Crippen molar-refractivity contribution in [2.24, 2.45) is 0 Å². The van der Waals surface area contributed by atoms with Crippen molar-refractivity contribution in [3.8, 4) is 11.4 Å². The number of thiophene rings is 1. The molecule has 0 fully saturated rings. The van der Waals surface area contributed by atoms with E-state index in [1.54, 1.807) is 21.9 Å². The van der Waals surface area contributed by atoms with E-state index in [1.807, 2.05) is 11.4 Å². The van der Waals surface area contributed by atoms with Gasteiger partial charge in [-0.25, -0.2) is 4.79 Å². The van der Waals surface area contributed by atoms with Crippen molar-refractivity contribution in [1.29, 1.82) is 0 Å². The summed E-state index contributed by atoms with van der Waals surface area (Å²) in [6, 6.07) is 3.53. The fourth-order valence-corrected chi connectivity index (χ4v) is 3.38. The van der Waals surface area contributed by atoms with Crippen molar-refractivity contribution in [1.82, 2.24) is 14.6 Å². The van der Waals surface area contributed by atoms with Gasteiger partial charge in [-0.05, 0) is 34.7 Å². The average molecular weight is 420 g/mol. The molecule has 0 N–H and O–H groups in total. The summed E-state index contributed by atoms with van der Waals surface area (Å²) in [6.07, 6.45) is 1.63. The maximum Gasteiger partial charge on any atom is 0.339 e. The zero-order valence-electron chi connectivity index (χ0n) is 10.1. The molecule has 8 heteroatoms. The molecule has 0 atom stereocenters. The predicted molar refractivity (Wildman–Crippen MR) is 85.4 cm³/mol. The fourth-order valence-electron chi connectivity index (χ4n) is 1.81. The smallest absolute Gasteiger partial charge is 0.339 e. The average Bonchev–Trinajstić information content (AvgIpc) is 3.03. The number of hydrogen-bond acceptors (Lipinski definition) is 5. The maximum atomic E-state index is 11.6. The van der Waals surface area contributed by atoms with Crippen LogP contribution in [0.25, 0.3) is 17.0 Å². The second-order valence-corrected chi connectivity index (χ2v) is 7.14. The van der Waals surface area contributed by atoms with Gasteiger partial charge >= 0.3 is 5.97 Å². The maximum absolute atomic E-state index is 11.6. The van der Waals surface area contributed by atoms with Crippen LogP contribution in [0, 0.1) is 2.88 Å². The van der Waals surface area contributed by atoms with E-state index in [1.165, 1.54) is 13.2 Å². The summed E-state index contributed by atoms with van der Waals surface area (Å²) in [5, 5.41) is 10.5. The zero-order chi connectivity index (χ0) is 14.3. The molecule has 3 heterocycles. The van der Waals surface area contributed by atoms with Crippen LogP contribution < -0.4 is 0 Å². The lowest BCUT2D eigenvalue weighted by Gasteiger charge is -2.03. The van der Waals surface area contributed by atoms with Gasteiger partial charge in [0.2, 0.25) is 0 Å². The van der Waals surface area contributed by atoms with Crippen LogP contribution in [0.5, 0.6) is 0 Å². The molecule has 0 saturated carbocycles. The molecular weight excluding hydrogens is 413 g/mol. The van der Waals surface area contributed by atoms with E-state index < -0.39 is 5.97 Å². The van der Waals surface area contributed by atoms with Gasteiger partial charge in [-0.2, -0.15) is 0 Å². The topological polar surface area (TPSA) is 56.5 Å². The second kappa shape index (κ2) is 5.30. The second-order valence-electron chi connectivity index (χ2n) is 3.93. The number of halogens is 2. The van der Waals surface area contributed by atoms with Gasteiger partial charge in [0.25, 0.3) is 0 Å². The molecule has 3 rings (SSSR count). The monoisotopic (exact) mass is 419 g/mol. The Hall–Kier alpha value is -1.19. The number of esters is 1. The number of carbonyl (C=O) groups is 1. The van der Waals surface area contributed by atoms with Crippen molar-refractivity contribution in [2.45, 2.75) is 0 Å². The third-order valence-electron chi connectivity index (χ3n) is 2.71. The minimum absolute atomic E-state index is 0.357. The molecule has 0 spiro atoms. The molecule has 0 saturated heterocycles. The molecule has 102 valence electrons. The van der Waals surface area contributed by atoms with E-state index in [4.69, 9.17) is 16.3 Å². The van der Waals surface area contributed by atoms with Gasteiger partial charge in [0.15, 0.2) is 11.5 Å². The quantitative estimate of drug-likeness (QED) is 0.471. The number of rotatable bonds is 2. The lowest BCUT2D eigenvalue weighted by molar-refractivity contribution is 0.0600. The number of nitrogens with zero attached hydrogens (tertiary/aromatic N) is 3. The number of hydrogen-bond donors (Lipinski definition) is 0. The van der Waals surface area contributed by atoms with Gasteiger partial charge in [0.1, 0.15) is 0 Å². The predicted octanol–water partition coefficient (Wildman–Crippen LogP) is 3.50. The highest BCUT2D eigenvalue weighted by Gasteiger charge is 2.16. The molecule has 0 aromatic carbocycles. The zero-order valence-corrected chi connectivity index (χ0v) is 13.9. The summed E-state index contributed by atoms with van der Waals surface area (Å²) in [4.78, 5) is 11.6. The van der Waals surface area contributed by atoms with Crippen LogP contribution in [-0.4, -0.2) is 27.7 Å². The minimum Gasteiger partial charge on any atom is -0.465 e. The molecule has 0 aliphatic carbocycles. The molecule has 20 heavy (non-hydrogen) atoms. The van der Waals surface area contributed by atoms with Crippen LogP contribution in [0.4, 0.5) is 0 Å². The van der Waals surface area contributed by atoms with E-state index in [-0.39, 0.29) is 0 Å². The van der Waals surface area contributed by atoms with Crippen LogP contribution in [0.15, 0.2) is 23.7 Å². The Kier molecular flexibility index (Phi) is 3.65. The first kappa shape index (κ1) is 13.8. The van der Waals surface area contributed by atoms with Crippen LogP contribution in [0.2, 0.25) is 5.02 Å². The Balaban J connectivity index is 2.24. The van der Waals surface area contributed by atoms with Crippen LogP contribution in [-0.2, 0) is 4.74 Å². The Labute approximate surface area is 136 Å². The lowest BCUT2D eigenvalue weighted by Crippen LogP contribution is -2.03. The minimum atomic E-state index is -0.451. The van der Waals surface area contributed by atoms with Crippen LogP contribution >= 0.6 is 45.5 Å². The summed E-state index contributed by atoms with van der Waals surface area (Å²) in [6.45, 7) is 0. The van der Waals surface area contributed by atoms with Crippen molar-refractivity contribution in [3.63, 3.8) is 0 Å². The van der Waals surface area contributed by atoms with Gasteiger partial charge in [-0.1, -0.05) is 11.6 Å². The largest absolute Gasteiger partial charge is 0.465 e. The van der Waals surface area contributed by atoms with Gasteiger partial charge in [-0.15, -0.1) is 21.5 Å². The molecule has 0 aliphatic heterocycles. The van der Waals surface area contributed by atoms with Crippen LogP contribution in [0.1, 0.15) is 10.4 Å². The van der Waals surface area contributed by atoms with Gasteiger partial charge in [-0.3, -0.25) is 4.40 Å². The number of ether oxygens (including phenoxy) is 1. The molecule has 0 radical (unpaired) electrons. The molecule has 0 aliphatic rings. The van der Waals surface area contributed by atoms with Gasteiger partial charge in [0.05, 0.1) is 20.6 Å². The Morgan fingerprint density at radius 2 is 2.25 bits per heavy atom. The standard InChI is InChI=1S/C12H7ClIN3O2S/c1-19-12(18)6-2-8(13)11-16-15-10(17(11)4-6)7-3-9(14)20-5-7/h2-5H,1H3. The first-order chi connectivity index (χ1) is 9.60. The summed E-state index contributed by atoms with van der Waals surface area (Å²) >= 11 is 9.99. The van der Waals surface area contributed by atoms with E-state index >= 15 is 0 Å². The van der Waals surface area contributed by atoms with Crippen LogP contribution in [0.3, 0.4) is 0 Å². The molecular formula is C12H7ClIN3O2S. The van der Waals surface area contributed by atoms with Crippen molar-refractivity contribution < 1.29 is 9.53 Å². The fraction of sp³-hybridized carbons (Fsp3) is 0.0833. The molecule has 3 aromatic rings. The summed E-state index contributed by atoms with van der Waals surface area (Å²) in [7, 11) is 1.33. The molecule has 0 amide bonds. The summed E-state index contributed by atoms with van der Waals surface area (Å²) in [5.41, 5.74) is 1.80. The molecule has 0 bridgehead atoms. The Bertz CT molecular complexity index is 814. The van der Waals surface area contributed by atoms with E-state index in [9.17, 15) is 4.79 Å². The highest BCUT2D eigenvalue weighted by molar-refractivity contribution is 14.1. The van der Waals surface area contributed by atoms with Gasteiger partial charge in [0, 0.05) is 17.1 Å². The Morgan fingerprint density at radius 1 is 1.45 bits per heavy atom. The normalized spacial score (nSPS) is 10.9. The number of carbonyl (C=O) groups excluding carboxylic acids is 1. The third-order valence-corrected chi connectivity index (χ3v) is 4.77. The molecule has 0 unspecified atom stereocenters. The van der Waals surface area contributed by atoms with Crippen molar-refractivity contribution in [2.75, 3.05) is 7.11 Å². The summed E-state index contributed by atoms with van der Waals surface area (Å²) < 4.78 is 7.56. The highest BCUT2D eigenvalue weighted by Crippen LogP contribution is 2.28. The molecule has 3 aromatic heterocycles. The first-order valence-corrected chi connectivity index (χ1v) is 7.81. The SMILES string of the molecule is COC(=O)c1cc(Cl)c2nnc(-c3csc(I)c3)n2c1. The number of aromatic nitrogens is 3. The first-order valence-electron chi connectivity index (χ1n) is 5.47.